The topological polar surface area (TPSA) is 67.9 Å². The van der Waals surface area contributed by atoms with Crippen LogP contribution in [0.1, 0.15) is 25.0 Å². The van der Waals surface area contributed by atoms with Crippen molar-refractivity contribution in [1.29, 1.82) is 0 Å². The molecule has 0 aliphatic carbocycles. The van der Waals surface area contributed by atoms with Gasteiger partial charge in [-0.05, 0) is 79.9 Å². The highest BCUT2D eigenvalue weighted by molar-refractivity contribution is 7.99. The Kier molecular flexibility index (Phi) is 10.6. The summed E-state index contributed by atoms with van der Waals surface area (Å²) in [6.45, 7) is 5.13. The number of esters is 1. The van der Waals surface area contributed by atoms with Crippen LogP contribution in [0, 0.1) is 0 Å². The zero-order valence-corrected chi connectivity index (χ0v) is 23.7. The number of carbonyl (C=O) groups excluding carboxylic acids is 2. The molecule has 0 atom stereocenters. The smallest absolute Gasteiger partial charge is 0.326 e. The Bertz CT molecular complexity index is 1380. The van der Waals surface area contributed by atoms with Gasteiger partial charge < -0.3 is 14.8 Å². The Hall–Kier alpha value is -4.23. The summed E-state index contributed by atoms with van der Waals surface area (Å²) in [5.74, 6) is 0.419. The van der Waals surface area contributed by atoms with Crippen LogP contribution >= 0.6 is 11.8 Å². The van der Waals surface area contributed by atoms with E-state index >= 15 is 0 Å². The third-order valence-electron chi connectivity index (χ3n) is 6.10. The summed E-state index contributed by atoms with van der Waals surface area (Å²) >= 11 is 1.62. The fourth-order valence-corrected chi connectivity index (χ4v) is 4.97. The van der Waals surface area contributed by atoms with Gasteiger partial charge in [-0.25, -0.2) is 4.79 Å². The third kappa shape index (κ3) is 8.38. The molecule has 4 aromatic rings. The maximum atomic E-state index is 13.5. The zero-order chi connectivity index (χ0) is 28.2. The molecule has 4 rings (SSSR count). The number of hydrogen-bond donors (Lipinski definition) is 1. The van der Waals surface area contributed by atoms with E-state index in [1.165, 1.54) is 0 Å². The van der Waals surface area contributed by atoms with Gasteiger partial charge in [-0.2, -0.15) is 0 Å². The molecule has 4 aromatic carbocycles. The Balaban J connectivity index is 1.47. The minimum Gasteiger partial charge on any atom is -0.492 e. The number of rotatable bonds is 12. The zero-order valence-electron chi connectivity index (χ0n) is 22.8. The number of nitrogens with zero attached hydrogens (tertiary/aromatic N) is 1. The van der Waals surface area contributed by atoms with Gasteiger partial charge in [-0.1, -0.05) is 66.4 Å². The lowest BCUT2D eigenvalue weighted by molar-refractivity contribution is -0.142. The van der Waals surface area contributed by atoms with Crippen LogP contribution in [0.5, 0.6) is 5.75 Å². The summed E-state index contributed by atoms with van der Waals surface area (Å²) in [7, 11) is 0. The molecule has 6 nitrogen and oxygen atoms in total. The van der Waals surface area contributed by atoms with E-state index in [1.54, 1.807) is 23.6 Å². The van der Waals surface area contributed by atoms with Crippen molar-refractivity contribution in [3.63, 3.8) is 0 Å². The van der Waals surface area contributed by atoms with Crippen LogP contribution in [-0.4, -0.2) is 31.8 Å². The molecular formula is C33H34N2O4S. The lowest BCUT2D eigenvalue weighted by Crippen LogP contribution is -2.36. The highest BCUT2D eigenvalue weighted by Crippen LogP contribution is 2.30. The fourth-order valence-electron chi connectivity index (χ4n) is 4.15. The Labute approximate surface area is 240 Å². The molecule has 0 aliphatic heterocycles. The molecule has 0 spiro atoms. The van der Waals surface area contributed by atoms with Crippen molar-refractivity contribution in [3.05, 3.63) is 114 Å². The molecule has 0 aliphatic rings. The normalized spacial score (nSPS) is 10.6. The summed E-state index contributed by atoms with van der Waals surface area (Å²) < 4.78 is 10.7. The average Bonchev–Trinajstić information content (AvgIpc) is 2.97. The molecule has 0 radical (unpaired) electrons. The fraction of sp³-hybridized carbons (Fsp3) is 0.212. The van der Waals surface area contributed by atoms with Gasteiger partial charge in [0.15, 0.2) is 0 Å². The third-order valence-corrected chi connectivity index (χ3v) is 7.12. The van der Waals surface area contributed by atoms with E-state index in [2.05, 4.69) is 17.4 Å². The van der Waals surface area contributed by atoms with E-state index in [9.17, 15) is 9.59 Å². The minimum atomic E-state index is -0.222. The van der Waals surface area contributed by atoms with Crippen LogP contribution in [0.25, 0.3) is 0 Å². The van der Waals surface area contributed by atoms with E-state index in [0.717, 1.165) is 33.0 Å². The molecule has 0 bridgehead atoms. The van der Waals surface area contributed by atoms with Gasteiger partial charge in [-0.3, -0.25) is 9.69 Å². The first kappa shape index (κ1) is 28.8. The second-order valence-electron chi connectivity index (χ2n) is 8.97. The predicted molar refractivity (Wildman–Crippen MR) is 161 cm³/mol. The molecule has 1 N–H and O–H groups in total. The van der Waals surface area contributed by atoms with Crippen LogP contribution in [0.15, 0.2) is 113 Å². The molecule has 0 aromatic heterocycles. The van der Waals surface area contributed by atoms with Crippen molar-refractivity contribution in [1.82, 2.24) is 0 Å². The first-order valence-corrected chi connectivity index (χ1v) is 14.2. The van der Waals surface area contributed by atoms with Gasteiger partial charge in [-0.15, -0.1) is 0 Å². The summed E-state index contributed by atoms with van der Waals surface area (Å²) in [6.07, 6.45) is 0.986. The number of carbonyl (C=O) groups is 2. The number of amides is 2. The maximum Gasteiger partial charge on any atom is 0.326 e. The summed E-state index contributed by atoms with van der Waals surface area (Å²) in [5, 5.41) is 3.04. The Morgan fingerprint density at radius 2 is 1.40 bits per heavy atom. The van der Waals surface area contributed by atoms with E-state index in [-0.39, 0.29) is 18.4 Å². The number of anilines is 2. The molecule has 2 amide bonds. The van der Waals surface area contributed by atoms with Gasteiger partial charge in [0, 0.05) is 22.0 Å². The molecule has 0 unspecified atom stereocenters. The van der Waals surface area contributed by atoms with Crippen LogP contribution in [0.4, 0.5) is 16.2 Å². The maximum absolute atomic E-state index is 13.5. The summed E-state index contributed by atoms with van der Waals surface area (Å²) in [6, 6.07) is 33.2. The van der Waals surface area contributed by atoms with E-state index in [1.807, 2.05) is 97.9 Å². The minimum absolute atomic E-state index is 0.222. The van der Waals surface area contributed by atoms with Crippen LogP contribution in [0.3, 0.4) is 0 Å². The van der Waals surface area contributed by atoms with E-state index in [4.69, 9.17) is 9.47 Å². The van der Waals surface area contributed by atoms with Crippen molar-refractivity contribution in [2.75, 3.05) is 30.0 Å². The van der Waals surface area contributed by atoms with Crippen molar-refractivity contribution >= 4 is 35.1 Å². The number of hydrogen-bond acceptors (Lipinski definition) is 5. The first-order chi connectivity index (χ1) is 19.6. The van der Waals surface area contributed by atoms with E-state index < -0.39 is 0 Å². The summed E-state index contributed by atoms with van der Waals surface area (Å²) in [5.41, 5.74) is 3.52. The van der Waals surface area contributed by atoms with Gasteiger partial charge >= 0.3 is 12.0 Å². The second-order valence-corrected chi connectivity index (χ2v) is 10.1. The molecular weight excluding hydrogens is 520 g/mol. The lowest BCUT2D eigenvalue weighted by atomic mass is 10.1. The largest absolute Gasteiger partial charge is 0.492 e. The first-order valence-electron chi connectivity index (χ1n) is 13.4. The highest BCUT2D eigenvalue weighted by atomic mass is 32.2. The summed E-state index contributed by atoms with van der Waals surface area (Å²) in [4.78, 5) is 29.1. The van der Waals surface area contributed by atoms with Crippen molar-refractivity contribution in [2.45, 2.75) is 36.5 Å². The lowest BCUT2D eigenvalue weighted by Gasteiger charge is -2.24. The second kappa shape index (κ2) is 14.8. The molecule has 7 heteroatoms. The Morgan fingerprint density at radius 3 is 2.08 bits per heavy atom. The molecule has 206 valence electrons. The average molecular weight is 555 g/mol. The quantitative estimate of drug-likeness (QED) is 0.182. The number of para-hydroxylation sites is 2. The molecule has 0 saturated carbocycles. The van der Waals surface area contributed by atoms with Crippen molar-refractivity contribution in [3.8, 4) is 5.75 Å². The molecule has 0 heterocycles. The van der Waals surface area contributed by atoms with Gasteiger partial charge in [0.1, 0.15) is 5.75 Å². The number of nitrogens with one attached hydrogen (secondary N) is 1. The Morgan fingerprint density at radius 1 is 0.750 bits per heavy atom. The SMILES string of the molecule is CCOC(=O)Cc1ccc(Sc2ccc(N(CCc3ccccc3)C(=O)Nc3ccccc3OCC)cc2)cc1. The van der Waals surface area contributed by atoms with Crippen LogP contribution in [-0.2, 0) is 22.4 Å². The number of benzene rings is 4. The molecule has 0 saturated heterocycles. The number of urea groups is 1. The highest BCUT2D eigenvalue weighted by Gasteiger charge is 2.18. The van der Waals surface area contributed by atoms with E-state index in [0.29, 0.717) is 31.2 Å². The number of ether oxygens (including phenoxy) is 2. The predicted octanol–water partition coefficient (Wildman–Crippen LogP) is 7.62. The molecule has 0 fully saturated rings. The molecule has 40 heavy (non-hydrogen) atoms. The van der Waals surface area contributed by atoms with Gasteiger partial charge in [0.25, 0.3) is 0 Å². The monoisotopic (exact) mass is 554 g/mol. The van der Waals surface area contributed by atoms with Gasteiger partial charge in [0.05, 0.1) is 25.3 Å². The standard InChI is InChI=1S/C33H34N2O4S/c1-3-38-31-13-9-8-12-30(31)34-33(37)35(23-22-25-10-6-5-7-11-25)27-16-20-29(21-17-27)40-28-18-14-26(15-19-28)24-32(36)39-4-2/h5-21H,3-4,22-24H2,1-2H3,(H,34,37). The van der Waals surface area contributed by atoms with Crippen molar-refractivity contribution in [2.24, 2.45) is 0 Å². The van der Waals surface area contributed by atoms with Crippen LogP contribution < -0.4 is 15.0 Å². The van der Waals surface area contributed by atoms with Gasteiger partial charge in [0.2, 0.25) is 0 Å². The van der Waals surface area contributed by atoms with Crippen molar-refractivity contribution < 1.29 is 19.1 Å². The van der Waals surface area contributed by atoms with Crippen LogP contribution in [0.2, 0.25) is 0 Å².